The van der Waals surface area contributed by atoms with Gasteiger partial charge in [0.05, 0.1) is 21.7 Å². The second kappa shape index (κ2) is 8.70. The van der Waals surface area contributed by atoms with E-state index in [4.69, 9.17) is 0 Å². The van der Waals surface area contributed by atoms with Gasteiger partial charge in [-0.05, 0) is 17.4 Å². The van der Waals surface area contributed by atoms with Crippen LogP contribution in [0.4, 0.5) is 5.13 Å². The fourth-order valence-electron chi connectivity index (χ4n) is 2.09. The lowest BCUT2D eigenvalue weighted by atomic mass is 10.3. The summed E-state index contributed by atoms with van der Waals surface area (Å²) in [6, 6.07) is 9.23. The number of hydrogen-bond acceptors (Lipinski definition) is 7. The van der Waals surface area contributed by atoms with Crippen molar-refractivity contribution in [3.05, 3.63) is 46.4 Å². The monoisotopic (exact) mass is 406 g/mol. The van der Waals surface area contributed by atoms with Crippen molar-refractivity contribution in [2.45, 2.75) is 30.0 Å². The molecule has 9 heteroatoms. The van der Waals surface area contributed by atoms with Crippen LogP contribution in [0.3, 0.4) is 0 Å². The van der Waals surface area contributed by atoms with E-state index in [1.807, 2.05) is 24.3 Å². The van der Waals surface area contributed by atoms with Gasteiger partial charge in [0.15, 0.2) is 10.3 Å². The molecule has 2 N–H and O–H groups in total. The Hall–Kier alpha value is -1.84. The van der Waals surface area contributed by atoms with Crippen molar-refractivity contribution in [2.75, 3.05) is 11.1 Å². The number of para-hydroxylation sites is 1. The van der Waals surface area contributed by atoms with Crippen molar-refractivity contribution in [2.24, 2.45) is 0 Å². The first-order valence-corrected chi connectivity index (χ1v) is 10.8. The van der Waals surface area contributed by atoms with Gasteiger partial charge in [0.1, 0.15) is 0 Å². The molecule has 136 valence electrons. The molecular formula is C17H18N4O2S3. The summed E-state index contributed by atoms with van der Waals surface area (Å²) in [5.41, 5.74) is 1.39. The van der Waals surface area contributed by atoms with Crippen LogP contribution in [0, 0.1) is 0 Å². The highest BCUT2D eigenvalue weighted by Gasteiger charge is 2.10. The van der Waals surface area contributed by atoms with E-state index in [0.29, 0.717) is 21.3 Å². The Morgan fingerprint density at radius 3 is 2.88 bits per heavy atom. The number of aromatic amines is 1. The van der Waals surface area contributed by atoms with Crippen LogP contribution in [0.5, 0.6) is 0 Å². The normalized spacial score (nSPS) is 11.2. The molecule has 0 bridgehead atoms. The molecule has 0 fully saturated rings. The van der Waals surface area contributed by atoms with Crippen molar-refractivity contribution in [3.8, 4) is 0 Å². The van der Waals surface area contributed by atoms with E-state index in [9.17, 15) is 9.59 Å². The molecule has 1 amide bonds. The van der Waals surface area contributed by atoms with Gasteiger partial charge in [-0.1, -0.05) is 49.1 Å². The molecule has 0 unspecified atom stereocenters. The minimum absolute atomic E-state index is 0.152. The number of benzene rings is 1. The highest BCUT2D eigenvalue weighted by atomic mass is 32.2. The van der Waals surface area contributed by atoms with Crippen LogP contribution in [-0.2, 0) is 10.5 Å². The van der Waals surface area contributed by atoms with Gasteiger partial charge in [0, 0.05) is 11.8 Å². The fourth-order valence-corrected chi connectivity index (χ4v) is 4.32. The van der Waals surface area contributed by atoms with Gasteiger partial charge >= 0.3 is 0 Å². The molecule has 0 saturated heterocycles. The van der Waals surface area contributed by atoms with E-state index in [2.05, 4.69) is 34.1 Å². The summed E-state index contributed by atoms with van der Waals surface area (Å²) in [6.07, 6.45) is 0. The fraction of sp³-hybridized carbons (Fsp3) is 0.294. The minimum atomic E-state index is -0.201. The first kappa shape index (κ1) is 18.9. The lowest BCUT2D eigenvalue weighted by Gasteiger charge is -2.06. The van der Waals surface area contributed by atoms with E-state index in [1.54, 1.807) is 11.8 Å². The van der Waals surface area contributed by atoms with Crippen LogP contribution in [0.2, 0.25) is 0 Å². The lowest BCUT2D eigenvalue weighted by Crippen LogP contribution is -2.15. The summed E-state index contributed by atoms with van der Waals surface area (Å²) < 4.78 is 1.02. The molecule has 0 saturated carbocycles. The van der Waals surface area contributed by atoms with Crippen molar-refractivity contribution in [1.29, 1.82) is 0 Å². The number of fused-ring (bicyclic) bond motifs is 1. The smallest absolute Gasteiger partial charge is 0.251 e. The zero-order chi connectivity index (χ0) is 18.5. The predicted molar refractivity (Wildman–Crippen MR) is 110 cm³/mol. The molecule has 0 aliphatic heterocycles. The molecule has 0 radical (unpaired) electrons. The molecular weight excluding hydrogens is 388 g/mol. The van der Waals surface area contributed by atoms with E-state index in [1.165, 1.54) is 29.2 Å². The maximum absolute atomic E-state index is 12.2. The van der Waals surface area contributed by atoms with Gasteiger partial charge in [-0.3, -0.25) is 9.59 Å². The molecule has 0 atom stereocenters. The standard InChI is InChI=1S/C17H18N4O2S3/c1-10(2)24-8-11-7-14(22)20-16(18-11)25-9-15(23)21-17-19-12-5-3-4-6-13(12)26-17/h3-7,10H,8-9H2,1-2H3,(H,18,20,22)(H,19,21,23). The molecule has 3 aromatic rings. The molecule has 6 nitrogen and oxygen atoms in total. The topological polar surface area (TPSA) is 87.7 Å². The summed E-state index contributed by atoms with van der Waals surface area (Å²) in [7, 11) is 0. The lowest BCUT2D eigenvalue weighted by molar-refractivity contribution is -0.113. The summed E-state index contributed by atoms with van der Waals surface area (Å²) in [5, 5.41) is 4.28. The Balaban J connectivity index is 1.59. The van der Waals surface area contributed by atoms with E-state index >= 15 is 0 Å². The predicted octanol–water partition coefficient (Wildman–Crippen LogP) is 3.75. The number of H-pyrrole nitrogens is 1. The number of thioether (sulfide) groups is 2. The Morgan fingerprint density at radius 1 is 1.31 bits per heavy atom. The molecule has 3 rings (SSSR count). The SMILES string of the molecule is CC(C)SCc1cc(=O)[nH]c(SCC(=O)Nc2nc3ccccc3s2)n1. The van der Waals surface area contributed by atoms with Gasteiger partial charge in [-0.2, -0.15) is 11.8 Å². The first-order valence-electron chi connectivity index (χ1n) is 7.99. The second-order valence-electron chi connectivity index (χ2n) is 5.73. The zero-order valence-electron chi connectivity index (χ0n) is 14.3. The van der Waals surface area contributed by atoms with Gasteiger partial charge < -0.3 is 10.3 Å². The summed E-state index contributed by atoms with van der Waals surface area (Å²) in [4.78, 5) is 35.4. The van der Waals surface area contributed by atoms with Crippen LogP contribution in [-0.4, -0.2) is 31.9 Å². The Labute approximate surface area is 163 Å². The van der Waals surface area contributed by atoms with Crippen LogP contribution in [0.25, 0.3) is 10.2 Å². The maximum atomic E-state index is 12.2. The summed E-state index contributed by atoms with van der Waals surface area (Å²) >= 11 is 4.36. The largest absolute Gasteiger partial charge is 0.301 e. The number of carbonyl (C=O) groups excluding carboxylic acids is 1. The molecule has 26 heavy (non-hydrogen) atoms. The van der Waals surface area contributed by atoms with Crippen LogP contribution >= 0.6 is 34.9 Å². The summed E-state index contributed by atoms with van der Waals surface area (Å²) in [6.45, 7) is 4.19. The second-order valence-corrected chi connectivity index (χ2v) is 9.28. The Morgan fingerprint density at radius 2 is 2.12 bits per heavy atom. The van der Waals surface area contributed by atoms with E-state index in [0.717, 1.165) is 15.9 Å². The third-order valence-electron chi connectivity index (χ3n) is 3.22. The Bertz CT molecular complexity index is 935. The van der Waals surface area contributed by atoms with Crippen molar-refractivity contribution in [1.82, 2.24) is 15.0 Å². The number of carbonyl (C=O) groups is 1. The third kappa shape index (κ3) is 5.33. The zero-order valence-corrected chi connectivity index (χ0v) is 16.8. The average molecular weight is 407 g/mol. The number of hydrogen-bond donors (Lipinski definition) is 2. The molecule has 0 aliphatic rings. The molecule has 2 aromatic heterocycles. The van der Waals surface area contributed by atoms with Crippen LogP contribution < -0.4 is 10.9 Å². The minimum Gasteiger partial charge on any atom is -0.301 e. The first-order chi connectivity index (χ1) is 12.5. The molecule has 2 heterocycles. The Kier molecular flexibility index (Phi) is 6.33. The number of nitrogens with zero attached hydrogens (tertiary/aromatic N) is 2. The van der Waals surface area contributed by atoms with Crippen LogP contribution in [0.15, 0.2) is 40.3 Å². The van der Waals surface area contributed by atoms with E-state index in [-0.39, 0.29) is 17.2 Å². The average Bonchev–Trinajstić information content (AvgIpc) is 3.00. The van der Waals surface area contributed by atoms with Crippen molar-refractivity contribution in [3.63, 3.8) is 0 Å². The number of anilines is 1. The molecule has 0 spiro atoms. The highest BCUT2D eigenvalue weighted by Crippen LogP contribution is 2.25. The van der Waals surface area contributed by atoms with Gasteiger partial charge in [-0.25, -0.2) is 9.97 Å². The van der Waals surface area contributed by atoms with Crippen molar-refractivity contribution < 1.29 is 4.79 Å². The maximum Gasteiger partial charge on any atom is 0.251 e. The van der Waals surface area contributed by atoms with Crippen LogP contribution in [0.1, 0.15) is 19.5 Å². The van der Waals surface area contributed by atoms with Gasteiger partial charge in [0.2, 0.25) is 5.91 Å². The summed E-state index contributed by atoms with van der Waals surface area (Å²) in [5.74, 6) is 0.644. The molecule has 0 aliphatic carbocycles. The number of aromatic nitrogens is 3. The van der Waals surface area contributed by atoms with E-state index < -0.39 is 0 Å². The quantitative estimate of drug-likeness (QED) is 0.459. The van der Waals surface area contributed by atoms with Gasteiger partial charge in [-0.15, -0.1) is 0 Å². The van der Waals surface area contributed by atoms with Crippen molar-refractivity contribution >= 4 is 56.1 Å². The third-order valence-corrected chi connectivity index (χ3v) is 6.17. The number of amides is 1. The van der Waals surface area contributed by atoms with Gasteiger partial charge in [0.25, 0.3) is 5.56 Å². The molecule has 1 aromatic carbocycles. The number of nitrogens with one attached hydrogen (secondary N) is 2. The number of thiazole rings is 1. The number of rotatable bonds is 7. The highest BCUT2D eigenvalue weighted by molar-refractivity contribution is 7.99.